The molecule has 35 heavy (non-hydrogen) atoms. The highest BCUT2D eigenvalue weighted by Crippen LogP contribution is 2.39. The Hall–Kier alpha value is -2.83. The number of thiazole rings is 1. The van der Waals surface area contributed by atoms with Gasteiger partial charge in [0.25, 0.3) is 5.91 Å². The second-order valence-electron chi connectivity index (χ2n) is 7.96. The van der Waals surface area contributed by atoms with Crippen LogP contribution in [-0.2, 0) is 43.5 Å². The van der Waals surface area contributed by atoms with E-state index in [1.54, 1.807) is 6.92 Å². The summed E-state index contributed by atoms with van der Waals surface area (Å²) in [5.74, 6) is -3.96. The van der Waals surface area contributed by atoms with Crippen LogP contribution in [-0.4, -0.2) is 48.9 Å². The number of esters is 1. The first-order valence-corrected chi connectivity index (χ1v) is 14.7. The number of thiophene rings is 1. The first-order chi connectivity index (χ1) is 16.7. The van der Waals surface area contributed by atoms with Crippen LogP contribution in [0.3, 0.4) is 0 Å². The van der Waals surface area contributed by atoms with Crippen LogP contribution >= 0.6 is 22.7 Å². The second kappa shape index (κ2) is 10.4. The molecule has 0 unspecified atom stereocenters. The van der Waals surface area contributed by atoms with Crippen molar-refractivity contribution in [1.82, 2.24) is 4.57 Å². The van der Waals surface area contributed by atoms with E-state index in [1.807, 2.05) is 35.8 Å². The fourth-order valence-electron chi connectivity index (χ4n) is 4.06. The molecule has 0 saturated carbocycles. The molecule has 1 aliphatic rings. The molecule has 0 bridgehead atoms. The van der Waals surface area contributed by atoms with Crippen LogP contribution < -0.4 is 10.1 Å². The highest BCUT2D eigenvalue weighted by atomic mass is 32.2. The van der Waals surface area contributed by atoms with Gasteiger partial charge in [-0.1, -0.05) is 23.5 Å². The van der Waals surface area contributed by atoms with Gasteiger partial charge in [-0.05, 0) is 50.8 Å². The number of para-hydroxylation sites is 1. The monoisotopic (exact) mass is 535 g/mol. The van der Waals surface area contributed by atoms with Gasteiger partial charge in [-0.15, -0.1) is 11.3 Å². The molecular formula is C23H25N3O6S3. The van der Waals surface area contributed by atoms with Crippen LogP contribution in [0.1, 0.15) is 41.1 Å². The first-order valence-electron chi connectivity index (χ1n) is 11.2. The molecule has 1 aliphatic carbocycles. The molecule has 9 nitrogen and oxygen atoms in total. The molecule has 3 aromatic rings. The Morgan fingerprint density at radius 2 is 1.89 bits per heavy atom. The number of hydrogen-bond donors (Lipinski definition) is 1. The highest BCUT2D eigenvalue weighted by Gasteiger charge is 2.29. The molecule has 0 radical (unpaired) electrons. The van der Waals surface area contributed by atoms with E-state index >= 15 is 0 Å². The van der Waals surface area contributed by atoms with Crippen LogP contribution in [0, 0.1) is 0 Å². The predicted molar refractivity (Wildman–Crippen MR) is 136 cm³/mol. The number of rotatable bonds is 8. The van der Waals surface area contributed by atoms with E-state index < -0.39 is 39.1 Å². The first kappa shape index (κ1) is 25.3. The Balaban J connectivity index is 1.48. The quantitative estimate of drug-likeness (QED) is 0.443. The zero-order chi connectivity index (χ0) is 25.2. The van der Waals surface area contributed by atoms with Crippen molar-refractivity contribution in [2.75, 3.05) is 23.4 Å². The van der Waals surface area contributed by atoms with Gasteiger partial charge in [0.15, 0.2) is 14.6 Å². The average Bonchev–Trinajstić information content (AvgIpc) is 3.44. The van der Waals surface area contributed by atoms with Crippen molar-refractivity contribution in [3.05, 3.63) is 45.1 Å². The van der Waals surface area contributed by atoms with Crippen LogP contribution in [0.25, 0.3) is 10.2 Å². The van der Waals surface area contributed by atoms with Crippen molar-refractivity contribution in [1.29, 1.82) is 0 Å². The summed E-state index contributed by atoms with van der Waals surface area (Å²) in [6.07, 6.45) is 2.42. The second-order valence-corrected chi connectivity index (χ2v) is 12.1. The van der Waals surface area contributed by atoms with E-state index in [1.165, 1.54) is 22.7 Å². The maximum atomic E-state index is 12.6. The molecule has 0 aliphatic heterocycles. The fourth-order valence-corrected chi connectivity index (χ4v) is 7.48. The number of aryl methyl sites for hydroxylation is 2. The number of ether oxygens (including phenoxy) is 1. The fraction of sp³-hybridized carbons (Fsp3) is 0.391. The van der Waals surface area contributed by atoms with Crippen LogP contribution in [0.4, 0.5) is 5.00 Å². The maximum absolute atomic E-state index is 12.6. The smallest absolute Gasteiger partial charge is 0.341 e. The summed E-state index contributed by atoms with van der Waals surface area (Å²) >= 11 is 2.56. The lowest BCUT2D eigenvalue weighted by Crippen LogP contribution is -2.28. The molecule has 1 aromatic carbocycles. The maximum Gasteiger partial charge on any atom is 0.341 e. The summed E-state index contributed by atoms with van der Waals surface area (Å²) in [7, 11) is -4.08. The van der Waals surface area contributed by atoms with Gasteiger partial charge in [-0.25, -0.2) is 13.2 Å². The number of amides is 2. The Bertz CT molecular complexity index is 1480. The molecule has 1 N–H and O–H groups in total. The lowest BCUT2D eigenvalue weighted by atomic mass is 10.1. The molecule has 12 heteroatoms. The highest BCUT2D eigenvalue weighted by molar-refractivity contribution is 7.92. The van der Waals surface area contributed by atoms with E-state index in [0.29, 0.717) is 28.3 Å². The van der Waals surface area contributed by atoms with Gasteiger partial charge in [0.1, 0.15) is 16.5 Å². The zero-order valence-corrected chi connectivity index (χ0v) is 21.8. The summed E-state index contributed by atoms with van der Waals surface area (Å²) in [6, 6.07) is 7.57. The number of benzene rings is 1. The molecule has 2 amide bonds. The summed E-state index contributed by atoms with van der Waals surface area (Å²) in [4.78, 5) is 42.9. The number of sulfone groups is 1. The number of aromatic nitrogens is 1. The predicted octanol–water partition coefficient (Wildman–Crippen LogP) is 2.93. The summed E-state index contributed by atoms with van der Waals surface area (Å²) in [5.41, 5.74) is 2.07. The van der Waals surface area contributed by atoms with Crippen molar-refractivity contribution >= 4 is 65.5 Å². The third-order valence-electron chi connectivity index (χ3n) is 5.47. The minimum atomic E-state index is -4.08. The third kappa shape index (κ3) is 5.54. The molecule has 0 atom stereocenters. The lowest BCUT2D eigenvalue weighted by molar-refractivity contribution is -0.115. The van der Waals surface area contributed by atoms with E-state index in [-0.39, 0.29) is 6.61 Å². The van der Waals surface area contributed by atoms with Gasteiger partial charge < -0.3 is 14.6 Å². The van der Waals surface area contributed by atoms with E-state index in [2.05, 4.69) is 10.3 Å². The minimum Gasteiger partial charge on any atom is -0.462 e. The van der Waals surface area contributed by atoms with Crippen LogP contribution in [0.2, 0.25) is 0 Å². The molecule has 0 saturated heterocycles. The number of hydrogen-bond acceptors (Lipinski definition) is 8. The van der Waals surface area contributed by atoms with Gasteiger partial charge in [0.05, 0.1) is 22.4 Å². The number of carbonyl (C=O) groups is 3. The van der Waals surface area contributed by atoms with Gasteiger partial charge in [0, 0.05) is 11.4 Å². The van der Waals surface area contributed by atoms with Crippen molar-refractivity contribution < 1.29 is 27.5 Å². The SMILES string of the molecule is CCOC(=O)c1c(NC(=O)CS(=O)(=O)CC(=O)N=c2sc3ccccc3n2CC)sc2c1CCC2. The molecule has 4 rings (SSSR count). The Kier molecular flexibility index (Phi) is 7.53. The van der Waals surface area contributed by atoms with Crippen molar-refractivity contribution in [2.24, 2.45) is 4.99 Å². The molecule has 186 valence electrons. The molecule has 0 spiro atoms. The molecule has 2 aromatic heterocycles. The standard InChI is InChI=1S/C23H25N3O6S3/c1-3-26-15-9-5-6-10-17(15)34-23(26)25-19(28)13-35(30,31)12-18(27)24-21-20(22(29)32-4-2)14-8-7-11-16(14)33-21/h5-6,9-10H,3-4,7-8,11-13H2,1-2H3,(H,24,27). The van der Waals surface area contributed by atoms with E-state index in [0.717, 1.165) is 33.5 Å². The van der Waals surface area contributed by atoms with E-state index in [9.17, 15) is 22.8 Å². The Morgan fingerprint density at radius 3 is 2.63 bits per heavy atom. The van der Waals surface area contributed by atoms with Gasteiger partial charge in [-0.2, -0.15) is 4.99 Å². The normalized spacial score (nSPS) is 13.7. The number of nitrogens with one attached hydrogen (secondary N) is 1. The summed E-state index contributed by atoms with van der Waals surface area (Å²) in [6.45, 7) is 4.36. The lowest BCUT2D eigenvalue weighted by Gasteiger charge is -2.08. The van der Waals surface area contributed by atoms with Crippen molar-refractivity contribution in [2.45, 2.75) is 39.7 Å². The number of carbonyl (C=O) groups excluding carboxylic acids is 3. The van der Waals surface area contributed by atoms with Gasteiger partial charge in [0.2, 0.25) is 5.91 Å². The van der Waals surface area contributed by atoms with Gasteiger partial charge >= 0.3 is 5.97 Å². The van der Waals surface area contributed by atoms with Crippen molar-refractivity contribution in [3.63, 3.8) is 0 Å². The number of nitrogens with zero attached hydrogens (tertiary/aromatic N) is 2. The summed E-state index contributed by atoms with van der Waals surface area (Å²) in [5, 5.41) is 2.84. The molecular weight excluding hydrogens is 510 g/mol. The van der Waals surface area contributed by atoms with Crippen molar-refractivity contribution in [3.8, 4) is 0 Å². The Morgan fingerprint density at radius 1 is 1.11 bits per heavy atom. The molecule has 0 fully saturated rings. The van der Waals surface area contributed by atoms with Gasteiger partial charge in [-0.3, -0.25) is 9.59 Å². The molecule has 2 heterocycles. The third-order valence-corrected chi connectivity index (χ3v) is 9.13. The zero-order valence-electron chi connectivity index (χ0n) is 19.3. The minimum absolute atomic E-state index is 0.189. The average molecular weight is 536 g/mol. The van der Waals surface area contributed by atoms with Crippen LogP contribution in [0.15, 0.2) is 29.3 Å². The van der Waals surface area contributed by atoms with Crippen LogP contribution in [0.5, 0.6) is 0 Å². The van der Waals surface area contributed by atoms with E-state index in [4.69, 9.17) is 4.74 Å². The topological polar surface area (TPSA) is 124 Å². The number of anilines is 1. The Labute approximate surface area is 210 Å². The number of fused-ring (bicyclic) bond motifs is 2. The summed E-state index contributed by atoms with van der Waals surface area (Å²) < 4.78 is 33.1. The largest absolute Gasteiger partial charge is 0.462 e.